The molecule has 0 spiro atoms. The predicted molar refractivity (Wildman–Crippen MR) is 87.0 cm³/mol. The van der Waals surface area contributed by atoms with E-state index in [4.69, 9.17) is 0 Å². The molecular formula is C14H12Br2N2O2. The van der Waals surface area contributed by atoms with Crippen LogP contribution in [0.25, 0.3) is 0 Å². The summed E-state index contributed by atoms with van der Waals surface area (Å²) >= 11 is 6.72. The Hall–Kier alpha value is -1.40. The van der Waals surface area contributed by atoms with Crippen LogP contribution in [0.5, 0.6) is 0 Å². The van der Waals surface area contributed by atoms with Crippen LogP contribution in [0.2, 0.25) is 0 Å². The predicted octanol–water partition coefficient (Wildman–Crippen LogP) is 5.04. The number of nitrogens with one attached hydrogen (secondary N) is 1. The number of nitro benzene ring substituents is 1. The minimum atomic E-state index is -0.416. The van der Waals surface area contributed by atoms with Gasteiger partial charge in [0.15, 0.2) is 0 Å². The molecule has 6 heteroatoms. The summed E-state index contributed by atoms with van der Waals surface area (Å²) in [5, 5.41) is 14.1. The standard InChI is InChI=1S/C14H12Br2N2O2/c1-9-4-2-3-5-10(9)8-17-14-12(15)6-11(18(19)20)7-13(14)16/h2-7,17H,8H2,1H3. The number of rotatable bonds is 4. The Kier molecular flexibility index (Phi) is 4.77. The smallest absolute Gasteiger partial charge is 0.271 e. The zero-order valence-corrected chi connectivity index (χ0v) is 13.9. The first kappa shape index (κ1) is 15.0. The molecule has 0 saturated carbocycles. The van der Waals surface area contributed by atoms with Crippen LogP contribution in [0.4, 0.5) is 11.4 Å². The number of benzene rings is 2. The second-order valence-corrected chi connectivity index (χ2v) is 6.03. The first-order valence-electron chi connectivity index (χ1n) is 5.91. The van der Waals surface area contributed by atoms with Crippen molar-refractivity contribution >= 4 is 43.2 Å². The number of hydrogen-bond acceptors (Lipinski definition) is 3. The van der Waals surface area contributed by atoms with E-state index < -0.39 is 4.92 Å². The highest BCUT2D eigenvalue weighted by molar-refractivity contribution is 9.11. The lowest BCUT2D eigenvalue weighted by molar-refractivity contribution is -0.385. The number of anilines is 1. The highest BCUT2D eigenvalue weighted by atomic mass is 79.9. The van der Waals surface area contributed by atoms with E-state index in [0.717, 1.165) is 5.69 Å². The second kappa shape index (κ2) is 6.37. The van der Waals surface area contributed by atoms with Crippen molar-refractivity contribution < 1.29 is 4.92 Å². The summed E-state index contributed by atoms with van der Waals surface area (Å²) in [4.78, 5) is 10.4. The summed E-state index contributed by atoms with van der Waals surface area (Å²) in [7, 11) is 0. The summed E-state index contributed by atoms with van der Waals surface area (Å²) in [6, 6.07) is 11.1. The summed E-state index contributed by atoms with van der Waals surface area (Å²) in [5.41, 5.74) is 3.24. The Morgan fingerprint density at radius 1 is 1.20 bits per heavy atom. The zero-order chi connectivity index (χ0) is 14.7. The van der Waals surface area contributed by atoms with E-state index in [0.29, 0.717) is 15.5 Å². The third kappa shape index (κ3) is 3.37. The van der Waals surface area contributed by atoms with Crippen molar-refractivity contribution in [1.29, 1.82) is 0 Å². The molecule has 0 fully saturated rings. The second-order valence-electron chi connectivity index (χ2n) is 4.32. The van der Waals surface area contributed by atoms with Gasteiger partial charge in [-0.3, -0.25) is 10.1 Å². The Morgan fingerprint density at radius 2 is 1.80 bits per heavy atom. The van der Waals surface area contributed by atoms with E-state index in [1.807, 2.05) is 12.1 Å². The third-order valence-electron chi connectivity index (χ3n) is 2.95. The van der Waals surface area contributed by atoms with E-state index in [1.165, 1.54) is 23.3 Å². The summed E-state index contributed by atoms with van der Waals surface area (Å²) < 4.78 is 1.32. The molecule has 0 heterocycles. The average molecular weight is 400 g/mol. The van der Waals surface area contributed by atoms with Crippen LogP contribution < -0.4 is 5.32 Å². The molecule has 0 saturated heterocycles. The fourth-order valence-electron chi connectivity index (χ4n) is 1.83. The van der Waals surface area contributed by atoms with Crippen LogP contribution >= 0.6 is 31.9 Å². The van der Waals surface area contributed by atoms with Crippen molar-refractivity contribution in [2.24, 2.45) is 0 Å². The number of nitro groups is 1. The largest absolute Gasteiger partial charge is 0.379 e. The van der Waals surface area contributed by atoms with E-state index in [9.17, 15) is 10.1 Å². The van der Waals surface area contributed by atoms with Crippen molar-refractivity contribution in [2.75, 3.05) is 5.32 Å². The molecule has 104 valence electrons. The van der Waals surface area contributed by atoms with Crippen LogP contribution in [-0.4, -0.2) is 4.92 Å². The van der Waals surface area contributed by atoms with Crippen LogP contribution in [0.1, 0.15) is 11.1 Å². The van der Waals surface area contributed by atoms with Crippen LogP contribution in [0, 0.1) is 17.0 Å². The van der Waals surface area contributed by atoms with Gasteiger partial charge in [-0.15, -0.1) is 0 Å². The van der Waals surface area contributed by atoms with Gasteiger partial charge in [0.2, 0.25) is 0 Å². The van der Waals surface area contributed by atoms with E-state index in [2.05, 4.69) is 56.2 Å². The number of halogens is 2. The molecular weight excluding hydrogens is 388 g/mol. The topological polar surface area (TPSA) is 55.2 Å². The maximum absolute atomic E-state index is 10.8. The molecule has 0 atom stereocenters. The molecule has 0 amide bonds. The molecule has 20 heavy (non-hydrogen) atoms. The maximum Gasteiger partial charge on any atom is 0.271 e. The van der Waals surface area contributed by atoms with Crippen molar-refractivity contribution in [3.8, 4) is 0 Å². The minimum absolute atomic E-state index is 0.0465. The normalized spacial score (nSPS) is 10.3. The molecule has 2 aromatic rings. The van der Waals surface area contributed by atoms with Crippen molar-refractivity contribution in [1.82, 2.24) is 0 Å². The molecule has 0 aliphatic heterocycles. The molecule has 0 bridgehead atoms. The van der Waals surface area contributed by atoms with Gasteiger partial charge in [0.05, 0.1) is 10.6 Å². The quantitative estimate of drug-likeness (QED) is 0.578. The Bertz CT molecular complexity index is 636. The molecule has 0 aliphatic carbocycles. The minimum Gasteiger partial charge on any atom is -0.379 e. The summed E-state index contributed by atoms with van der Waals surface area (Å²) in [6.07, 6.45) is 0. The number of aryl methyl sites for hydroxylation is 1. The van der Waals surface area contributed by atoms with Gasteiger partial charge >= 0.3 is 0 Å². The van der Waals surface area contributed by atoms with E-state index >= 15 is 0 Å². The van der Waals surface area contributed by atoms with Gasteiger partial charge in [0.25, 0.3) is 5.69 Å². The highest BCUT2D eigenvalue weighted by Gasteiger charge is 2.13. The monoisotopic (exact) mass is 398 g/mol. The molecule has 4 nitrogen and oxygen atoms in total. The van der Waals surface area contributed by atoms with Gasteiger partial charge in [0, 0.05) is 27.6 Å². The van der Waals surface area contributed by atoms with E-state index in [-0.39, 0.29) is 5.69 Å². The molecule has 0 radical (unpaired) electrons. The van der Waals surface area contributed by atoms with Gasteiger partial charge in [-0.25, -0.2) is 0 Å². The van der Waals surface area contributed by atoms with Gasteiger partial charge < -0.3 is 5.32 Å². The molecule has 0 aliphatic rings. The van der Waals surface area contributed by atoms with Crippen molar-refractivity contribution in [3.63, 3.8) is 0 Å². The molecule has 0 aromatic heterocycles. The zero-order valence-electron chi connectivity index (χ0n) is 10.7. The van der Waals surface area contributed by atoms with E-state index in [1.54, 1.807) is 0 Å². The first-order valence-corrected chi connectivity index (χ1v) is 7.49. The van der Waals surface area contributed by atoms with Gasteiger partial charge in [0.1, 0.15) is 0 Å². The van der Waals surface area contributed by atoms with Gasteiger partial charge in [-0.05, 0) is 49.9 Å². The average Bonchev–Trinajstić information content (AvgIpc) is 2.39. The number of hydrogen-bond donors (Lipinski definition) is 1. The highest BCUT2D eigenvalue weighted by Crippen LogP contribution is 2.35. The molecule has 2 rings (SSSR count). The SMILES string of the molecule is Cc1ccccc1CNc1c(Br)cc([N+](=O)[O-])cc1Br. The van der Waals surface area contributed by atoms with Crippen LogP contribution in [-0.2, 0) is 6.54 Å². The lowest BCUT2D eigenvalue weighted by Gasteiger charge is -2.12. The van der Waals surface area contributed by atoms with Gasteiger partial charge in [-0.2, -0.15) is 0 Å². The third-order valence-corrected chi connectivity index (χ3v) is 4.21. The number of non-ortho nitro benzene ring substituents is 1. The van der Waals surface area contributed by atoms with Crippen LogP contribution in [0.3, 0.4) is 0 Å². The van der Waals surface area contributed by atoms with Crippen LogP contribution in [0.15, 0.2) is 45.3 Å². The maximum atomic E-state index is 10.8. The van der Waals surface area contributed by atoms with Gasteiger partial charge in [-0.1, -0.05) is 24.3 Å². The fraction of sp³-hybridized carbons (Fsp3) is 0.143. The summed E-state index contributed by atoms with van der Waals surface area (Å²) in [6.45, 7) is 2.71. The van der Waals surface area contributed by atoms with Crippen molar-refractivity contribution in [2.45, 2.75) is 13.5 Å². The Balaban J connectivity index is 2.22. The molecule has 1 N–H and O–H groups in total. The first-order chi connectivity index (χ1) is 9.49. The Labute approximate surface area is 133 Å². The molecule has 2 aromatic carbocycles. The fourth-order valence-corrected chi connectivity index (χ4v) is 3.27. The number of nitrogens with zero attached hydrogens (tertiary/aromatic N) is 1. The Morgan fingerprint density at radius 3 is 2.35 bits per heavy atom. The summed E-state index contributed by atoms with van der Waals surface area (Å²) in [5.74, 6) is 0. The lowest BCUT2D eigenvalue weighted by atomic mass is 10.1. The lowest BCUT2D eigenvalue weighted by Crippen LogP contribution is -2.03. The molecule has 0 unspecified atom stereocenters. The van der Waals surface area contributed by atoms with Crippen molar-refractivity contribution in [3.05, 3.63) is 66.6 Å².